The van der Waals surface area contributed by atoms with Crippen molar-refractivity contribution < 1.29 is 9.32 Å². The number of aromatic nitrogens is 3. The van der Waals surface area contributed by atoms with E-state index in [1.54, 1.807) is 12.5 Å². The van der Waals surface area contributed by atoms with Gasteiger partial charge in [-0.1, -0.05) is 25.9 Å². The molecule has 6 heteroatoms. The summed E-state index contributed by atoms with van der Waals surface area (Å²) in [7, 11) is 0. The third-order valence-electron chi connectivity index (χ3n) is 4.37. The first-order valence-corrected chi connectivity index (χ1v) is 8.39. The lowest BCUT2D eigenvalue weighted by Gasteiger charge is -2.36. The molecule has 0 N–H and O–H groups in total. The predicted molar refractivity (Wildman–Crippen MR) is 90.3 cm³/mol. The highest BCUT2D eigenvalue weighted by Crippen LogP contribution is 2.34. The number of nitrogens with zero attached hydrogens (tertiary/aromatic N) is 4. The molecule has 0 bridgehead atoms. The average molecular weight is 328 g/mol. The quantitative estimate of drug-likeness (QED) is 0.846. The number of carbonyl (C=O) groups excluding carboxylic acids is 1. The molecule has 3 rings (SSSR count). The first-order chi connectivity index (χ1) is 11.4. The standard InChI is InChI=1S/C18H24N4O2/c1-12-8-15(24-21-12)14-9-19-11-20-16(14)13-6-5-7-22(10-13)17(23)18(2,3)4/h8-9,11,13H,5-7,10H2,1-4H3/t13-/m1/s1. The number of hydrogen-bond donors (Lipinski definition) is 0. The summed E-state index contributed by atoms with van der Waals surface area (Å²) in [6.07, 6.45) is 5.32. The molecule has 1 aliphatic rings. The first-order valence-electron chi connectivity index (χ1n) is 8.39. The van der Waals surface area contributed by atoms with Crippen LogP contribution in [-0.2, 0) is 4.79 Å². The van der Waals surface area contributed by atoms with Crippen molar-refractivity contribution in [2.24, 2.45) is 5.41 Å². The van der Waals surface area contributed by atoms with E-state index in [0.29, 0.717) is 12.3 Å². The van der Waals surface area contributed by atoms with Crippen molar-refractivity contribution >= 4 is 5.91 Å². The number of piperidine rings is 1. The van der Waals surface area contributed by atoms with Gasteiger partial charge in [0.1, 0.15) is 6.33 Å². The van der Waals surface area contributed by atoms with Crippen molar-refractivity contribution in [1.29, 1.82) is 0 Å². The van der Waals surface area contributed by atoms with Crippen LogP contribution in [0.2, 0.25) is 0 Å². The van der Waals surface area contributed by atoms with E-state index in [-0.39, 0.29) is 17.2 Å². The molecule has 3 heterocycles. The highest BCUT2D eigenvalue weighted by molar-refractivity contribution is 5.81. The highest BCUT2D eigenvalue weighted by atomic mass is 16.5. The summed E-state index contributed by atoms with van der Waals surface area (Å²) >= 11 is 0. The molecule has 6 nitrogen and oxygen atoms in total. The van der Waals surface area contributed by atoms with Gasteiger partial charge in [-0.05, 0) is 19.8 Å². The smallest absolute Gasteiger partial charge is 0.227 e. The van der Waals surface area contributed by atoms with Gasteiger partial charge in [-0.3, -0.25) is 4.79 Å². The summed E-state index contributed by atoms with van der Waals surface area (Å²) in [6.45, 7) is 9.29. The Kier molecular flexibility index (Phi) is 4.39. The van der Waals surface area contributed by atoms with Crippen molar-refractivity contribution in [1.82, 2.24) is 20.0 Å². The molecule has 0 unspecified atom stereocenters. The molecule has 128 valence electrons. The zero-order valence-corrected chi connectivity index (χ0v) is 14.7. The third kappa shape index (κ3) is 3.32. The summed E-state index contributed by atoms with van der Waals surface area (Å²) in [6, 6.07) is 1.89. The Balaban J connectivity index is 1.88. The van der Waals surface area contributed by atoms with Crippen molar-refractivity contribution in [2.45, 2.75) is 46.5 Å². The molecule has 1 saturated heterocycles. The van der Waals surface area contributed by atoms with Crippen LogP contribution in [0.15, 0.2) is 23.1 Å². The Morgan fingerprint density at radius 3 is 2.83 bits per heavy atom. The molecule has 2 aromatic heterocycles. The van der Waals surface area contributed by atoms with Crippen molar-refractivity contribution in [3.05, 3.63) is 30.0 Å². The van der Waals surface area contributed by atoms with Gasteiger partial charge in [0, 0.05) is 36.7 Å². The lowest BCUT2D eigenvalue weighted by atomic mass is 9.88. The van der Waals surface area contributed by atoms with E-state index in [0.717, 1.165) is 36.3 Å². The number of carbonyl (C=O) groups is 1. The van der Waals surface area contributed by atoms with Crippen LogP contribution in [0.4, 0.5) is 0 Å². The monoisotopic (exact) mass is 328 g/mol. The van der Waals surface area contributed by atoms with Gasteiger partial charge in [0.25, 0.3) is 0 Å². The molecule has 1 atom stereocenters. The minimum Gasteiger partial charge on any atom is -0.356 e. The SMILES string of the molecule is Cc1cc(-c2cncnc2[C@@H]2CCCN(C(=O)C(C)(C)C)C2)on1. The van der Waals surface area contributed by atoms with Crippen LogP contribution in [0.3, 0.4) is 0 Å². The second kappa shape index (κ2) is 6.34. The molecule has 0 spiro atoms. The molecule has 1 amide bonds. The van der Waals surface area contributed by atoms with Gasteiger partial charge in [-0.15, -0.1) is 0 Å². The average Bonchev–Trinajstić information content (AvgIpc) is 3.00. The zero-order chi connectivity index (χ0) is 17.3. The van der Waals surface area contributed by atoms with E-state index in [9.17, 15) is 4.79 Å². The second-order valence-electron chi connectivity index (χ2n) is 7.49. The molecule has 0 saturated carbocycles. The van der Waals surface area contributed by atoms with E-state index in [2.05, 4.69) is 15.1 Å². The van der Waals surface area contributed by atoms with Gasteiger partial charge in [-0.25, -0.2) is 9.97 Å². The number of amides is 1. The molecule has 0 aromatic carbocycles. The third-order valence-corrected chi connectivity index (χ3v) is 4.37. The molecule has 0 aliphatic carbocycles. The van der Waals surface area contributed by atoms with Gasteiger partial charge in [-0.2, -0.15) is 0 Å². The maximum atomic E-state index is 12.6. The fourth-order valence-electron chi connectivity index (χ4n) is 3.20. The zero-order valence-electron chi connectivity index (χ0n) is 14.7. The lowest BCUT2D eigenvalue weighted by molar-refractivity contribution is -0.140. The van der Waals surface area contributed by atoms with Gasteiger partial charge in [0.05, 0.1) is 17.0 Å². The van der Waals surface area contributed by atoms with E-state index in [1.807, 2.05) is 38.7 Å². The number of aryl methyl sites for hydroxylation is 1. The molecule has 2 aromatic rings. The predicted octanol–water partition coefficient (Wildman–Crippen LogP) is 3.19. The molecule has 1 fully saturated rings. The van der Waals surface area contributed by atoms with Gasteiger partial charge < -0.3 is 9.42 Å². The summed E-state index contributed by atoms with van der Waals surface area (Å²) in [5, 5.41) is 3.96. The highest BCUT2D eigenvalue weighted by Gasteiger charge is 2.33. The summed E-state index contributed by atoms with van der Waals surface area (Å²) in [5.41, 5.74) is 2.27. The van der Waals surface area contributed by atoms with Crippen LogP contribution in [0.1, 0.15) is 50.9 Å². The van der Waals surface area contributed by atoms with Crippen molar-refractivity contribution in [3.8, 4) is 11.3 Å². The van der Waals surface area contributed by atoms with Gasteiger partial charge >= 0.3 is 0 Å². The van der Waals surface area contributed by atoms with Crippen LogP contribution in [0.5, 0.6) is 0 Å². The first kappa shape index (κ1) is 16.6. The molecule has 0 radical (unpaired) electrons. The maximum Gasteiger partial charge on any atom is 0.227 e. The Bertz CT molecular complexity index is 733. The summed E-state index contributed by atoms with van der Waals surface area (Å²) in [5.74, 6) is 1.06. The maximum absolute atomic E-state index is 12.6. The van der Waals surface area contributed by atoms with Crippen molar-refractivity contribution in [3.63, 3.8) is 0 Å². The molecular formula is C18H24N4O2. The molecule has 24 heavy (non-hydrogen) atoms. The normalized spacial score (nSPS) is 18.7. The van der Waals surface area contributed by atoms with Crippen LogP contribution in [-0.4, -0.2) is 39.0 Å². The Hall–Kier alpha value is -2.24. The largest absolute Gasteiger partial charge is 0.356 e. The Labute approximate surface area is 142 Å². The van der Waals surface area contributed by atoms with Gasteiger partial charge in [0.15, 0.2) is 5.76 Å². The van der Waals surface area contributed by atoms with Crippen LogP contribution < -0.4 is 0 Å². The minimum atomic E-state index is -0.363. The number of hydrogen-bond acceptors (Lipinski definition) is 5. The lowest BCUT2D eigenvalue weighted by Crippen LogP contribution is -2.44. The van der Waals surface area contributed by atoms with Crippen LogP contribution in [0.25, 0.3) is 11.3 Å². The van der Waals surface area contributed by atoms with Crippen LogP contribution in [0, 0.1) is 12.3 Å². The fraction of sp³-hybridized carbons (Fsp3) is 0.556. The van der Waals surface area contributed by atoms with Gasteiger partial charge in [0.2, 0.25) is 5.91 Å². The summed E-state index contributed by atoms with van der Waals surface area (Å²) in [4.78, 5) is 23.2. The topological polar surface area (TPSA) is 72.1 Å². The molecular weight excluding hydrogens is 304 g/mol. The number of likely N-dealkylation sites (tertiary alicyclic amines) is 1. The van der Waals surface area contributed by atoms with E-state index < -0.39 is 0 Å². The van der Waals surface area contributed by atoms with E-state index >= 15 is 0 Å². The fourth-order valence-corrected chi connectivity index (χ4v) is 3.20. The number of rotatable bonds is 2. The minimum absolute atomic E-state index is 0.188. The van der Waals surface area contributed by atoms with Crippen LogP contribution >= 0.6 is 0 Å². The van der Waals surface area contributed by atoms with E-state index in [1.165, 1.54) is 0 Å². The van der Waals surface area contributed by atoms with Crippen molar-refractivity contribution in [2.75, 3.05) is 13.1 Å². The van der Waals surface area contributed by atoms with E-state index in [4.69, 9.17) is 4.52 Å². The Morgan fingerprint density at radius 2 is 2.17 bits per heavy atom. The Morgan fingerprint density at radius 1 is 1.38 bits per heavy atom. The molecule has 1 aliphatic heterocycles. The second-order valence-corrected chi connectivity index (χ2v) is 7.49. The summed E-state index contributed by atoms with van der Waals surface area (Å²) < 4.78 is 5.40.